The van der Waals surface area contributed by atoms with Crippen LogP contribution in [0.1, 0.15) is 22.3 Å². The molecule has 1 aliphatic rings. The van der Waals surface area contributed by atoms with E-state index in [1.807, 2.05) is 71.6 Å². The highest BCUT2D eigenvalue weighted by Gasteiger charge is 2.22. The summed E-state index contributed by atoms with van der Waals surface area (Å²) in [6.45, 7) is 4.08. The van der Waals surface area contributed by atoms with Crippen LogP contribution < -0.4 is 0 Å². The SMILES string of the molecule is O=C(c1ccccc1-c1ccccc1)N1CCCN(Cc2ccc3cc(F)ccc3c2)CC1. The molecular weight excluding hydrogens is 411 g/mol. The van der Waals surface area contributed by atoms with E-state index in [4.69, 9.17) is 0 Å². The first kappa shape index (κ1) is 21.4. The largest absolute Gasteiger partial charge is 0.337 e. The Morgan fingerprint density at radius 1 is 0.758 bits per heavy atom. The molecule has 1 fully saturated rings. The van der Waals surface area contributed by atoms with E-state index in [-0.39, 0.29) is 11.7 Å². The van der Waals surface area contributed by atoms with Gasteiger partial charge in [0.1, 0.15) is 5.82 Å². The zero-order valence-corrected chi connectivity index (χ0v) is 18.6. The minimum atomic E-state index is -0.207. The minimum Gasteiger partial charge on any atom is -0.337 e. The fourth-order valence-corrected chi connectivity index (χ4v) is 4.66. The third-order valence-corrected chi connectivity index (χ3v) is 6.39. The van der Waals surface area contributed by atoms with Gasteiger partial charge in [-0.15, -0.1) is 0 Å². The highest BCUT2D eigenvalue weighted by molar-refractivity contribution is 6.00. The predicted molar refractivity (Wildman–Crippen MR) is 132 cm³/mol. The van der Waals surface area contributed by atoms with Crippen molar-refractivity contribution in [3.8, 4) is 11.1 Å². The molecule has 5 rings (SSSR count). The van der Waals surface area contributed by atoms with Crippen molar-refractivity contribution in [3.63, 3.8) is 0 Å². The van der Waals surface area contributed by atoms with Gasteiger partial charge >= 0.3 is 0 Å². The molecule has 166 valence electrons. The van der Waals surface area contributed by atoms with Crippen molar-refractivity contribution >= 4 is 16.7 Å². The van der Waals surface area contributed by atoms with E-state index in [1.54, 1.807) is 6.07 Å². The van der Waals surface area contributed by atoms with Crippen LogP contribution in [0, 0.1) is 5.82 Å². The first-order valence-electron chi connectivity index (χ1n) is 11.5. The predicted octanol–water partition coefficient (Wildman–Crippen LogP) is 5.99. The van der Waals surface area contributed by atoms with Gasteiger partial charge in [0.2, 0.25) is 0 Å². The minimum absolute atomic E-state index is 0.101. The van der Waals surface area contributed by atoms with Gasteiger partial charge in [-0.2, -0.15) is 0 Å². The van der Waals surface area contributed by atoms with Crippen LogP contribution in [-0.2, 0) is 6.54 Å². The van der Waals surface area contributed by atoms with Gasteiger partial charge in [-0.3, -0.25) is 9.69 Å². The lowest BCUT2D eigenvalue weighted by atomic mass is 9.99. The van der Waals surface area contributed by atoms with Crippen LogP contribution in [-0.4, -0.2) is 41.9 Å². The lowest BCUT2D eigenvalue weighted by Crippen LogP contribution is -2.35. The van der Waals surface area contributed by atoms with Crippen molar-refractivity contribution in [2.24, 2.45) is 0 Å². The number of fused-ring (bicyclic) bond motifs is 1. The standard InChI is InChI=1S/C29H27FN2O/c30-26-14-13-24-19-22(11-12-25(24)20-26)21-31-15-6-16-32(18-17-31)29(33)28-10-5-4-9-27(28)23-7-2-1-3-8-23/h1-5,7-14,19-20H,6,15-18,21H2. The average Bonchev–Trinajstić information content (AvgIpc) is 3.10. The molecule has 0 spiro atoms. The normalized spacial score (nSPS) is 14.9. The van der Waals surface area contributed by atoms with Crippen molar-refractivity contribution in [1.82, 2.24) is 9.80 Å². The number of benzene rings is 4. The van der Waals surface area contributed by atoms with Crippen molar-refractivity contribution < 1.29 is 9.18 Å². The van der Waals surface area contributed by atoms with E-state index in [0.29, 0.717) is 6.54 Å². The smallest absolute Gasteiger partial charge is 0.254 e. The Morgan fingerprint density at radius 2 is 1.52 bits per heavy atom. The molecule has 4 heteroatoms. The summed E-state index contributed by atoms with van der Waals surface area (Å²) in [4.78, 5) is 17.9. The first-order chi connectivity index (χ1) is 16.2. The Hall–Kier alpha value is -3.50. The molecule has 3 nitrogen and oxygen atoms in total. The molecule has 0 radical (unpaired) electrons. The fourth-order valence-electron chi connectivity index (χ4n) is 4.66. The molecule has 0 atom stereocenters. The summed E-state index contributed by atoms with van der Waals surface area (Å²) >= 11 is 0. The summed E-state index contributed by atoms with van der Waals surface area (Å²) < 4.78 is 13.5. The molecule has 0 saturated carbocycles. The molecule has 4 aromatic carbocycles. The highest BCUT2D eigenvalue weighted by Crippen LogP contribution is 2.25. The van der Waals surface area contributed by atoms with E-state index in [1.165, 1.54) is 11.6 Å². The van der Waals surface area contributed by atoms with Crippen LogP contribution in [0.3, 0.4) is 0 Å². The third-order valence-electron chi connectivity index (χ3n) is 6.39. The maximum absolute atomic E-state index is 13.5. The van der Waals surface area contributed by atoms with Crippen LogP contribution in [0.25, 0.3) is 21.9 Å². The second-order valence-corrected chi connectivity index (χ2v) is 8.66. The van der Waals surface area contributed by atoms with Crippen LogP contribution in [0.4, 0.5) is 4.39 Å². The lowest BCUT2D eigenvalue weighted by Gasteiger charge is -2.23. The molecule has 0 N–H and O–H groups in total. The third kappa shape index (κ3) is 4.81. The maximum Gasteiger partial charge on any atom is 0.254 e. The summed E-state index contributed by atoms with van der Waals surface area (Å²) in [6, 6.07) is 29.1. The second-order valence-electron chi connectivity index (χ2n) is 8.66. The van der Waals surface area contributed by atoms with E-state index in [9.17, 15) is 9.18 Å². The molecule has 1 aliphatic heterocycles. The number of nitrogens with zero attached hydrogens (tertiary/aromatic N) is 2. The number of hydrogen-bond acceptors (Lipinski definition) is 2. The monoisotopic (exact) mass is 438 g/mol. The Kier molecular flexibility index (Phi) is 6.18. The Morgan fingerprint density at radius 3 is 2.39 bits per heavy atom. The van der Waals surface area contributed by atoms with Gasteiger partial charge in [0, 0.05) is 38.3 Å². The molecule has 1 amide bonds. The van der Waals surface area contributed by atoms with Gasteiger partial charge in [-0.1, -0.05) is 66.7 Å². The van der Waals surface area contributed by atoms with Crippen molar-refractivity contribution in [3.05, 3.63) is 108 Å². The van der Waals surface area contributed by atoms with Gasteiger partial charge in [0.15, 0.2) is 0 Å². The molecule has 33 heavy (non-hydrogen) atoms. The second kappa shape index (κ2) is 9.55. The maximum atomic E-state index is 13.5. The van der Waals surface area contributed by atoms with Gasteiger partial charge < -0.3 is 4.90 Å². The van der Waals surface area contributed by atoms with E-state index < -0.39 is 0 Å². The number of carbonyl (C=O) groups excluding carboxylic acids is 1. The van der Waals surface area contributed by atoms with Crippen LogP contribution in [0.2, 0.25) is 0 Å². The molecule has 0 aliphatic carbocycles. The van der Waals surface area contributed by atoms with Gasteiger partial charge in [-0.05, 0) is 58.1 Å². The number of rotatable bonds is 4. The zero-order valence-electron chi connectivity index (χ0n) is 18.6. The number of carbonyl (C=O) groups is 1. The molecule has 0 unspecified atom stereocenters. The number of hydrogen-bond donors (Lipinski definition) is 0. The zero-order chi connectivity index (χ0) is 22.6. The van der Waals surface area contributed by atoms with Gasteiger partial charge in [0.05, 0.1) is 0 Å². The summed E-state index contributed by atoms with van der Waals surface area (Å²) in [6.07, 6.45) is 0.942. The number of halogens is 1. The lowest BCUT2D eigenvalue weighted by molar-refractivity contribution is 0.0762. The van der Waals surface area contributed by atoms with Gasteiger partial charge in [0.25, 0.3) is 5.91 Å². The summed E-state index contributed by atoms with van der Waals surface area (Å²) in [5.41, 5.74) is 4.02. The molecule has 0 aromatic heterocycles. The highest BCUT2D eigenvalue weighted by atomic mass is 19.1. The van der Waals surface area contributed by atoms with Crippen LogP contribution in [0.15, 0.2) is 91.0 Å². The van der Waals surface area contributed by atoms with Crippen LogP contribution >= 0.6 is 0 Å². The molecule has 0 bridgehead atoms. The molecular formula is C29H27FN2O. The quantitative estimate of drug-likeness (QED) is 0.390. The number of amides is 1. The van der Waals surface area contributed by atoms with Crippen molar-refractivity contribution in [1.29, 1.82) is 0 Å². The fraction of sp³-hybridized carbons (Fsp3) is 0.207. The molecule has 1 saturated heterocycles. The van der Waals surface area contributed by atoms with Crippen LogP contribution in [0.5, 0.6) is 0 Å². The van der Waals surface area contributed by atoms with Crippen molar-refractivity contribution in [2.45, 2.75) is 13.0 Å². The average molecular weight is 439 g/mol. The topological polar surface area (TPSA) is 23.6 Å². The summed E-state index contributed by atoms with van der Waals surface area (Å²) in [7, 11) is 0. The molecule has 1 heterocycles. The molecule has 4 aromatic rings. The first-order valence-corrected chi connectivity index (χ1v) is 11.5. The van der Waals surface area contributed by atoms with E-state index in [0.717, 1.165) is 60.1 Å². The Bertz CT molecular complexity index is 1270. The summed E-state index contributed by atoms with van der Waals surface area (Å²) in [5.74, 6) is -0.106. The van der Waals surface area contributed by atoms with E-state index >= 15 is 0 Å². The Labute approximate surface area is 194 Å². The Balaban J connectivity index is 1.28. The van der Waals surface area contributed by atoms with E-state index in [2.05, 4.69) is 17.0 Å². The summed E-state index contributed by atoms with van der Waals surface area (Å²) in [5, 5.41) is 1.97. The van der Waals surface area contributed by atoms with Gasteiger partial charge in [-0.25, -0.2) is 4.39 Å². The van der Waals surface area contributed by atoms with Crippen molar-refractivity contribution in [2.75, 3.05) is 26.2 Å².